The van der Waals surface area contributed by atoms with Gasteiger partial charge in [-0.15, -0.1) is 11.3 Å². The van der Waals surface area contributed by atoms with Crippen molar-refractivity contribution in [3.05, 3.63) is 46.2 Å². The third-order valence-electron chi connectivity index (χ3n) is 3.79. The molecule has 0 aliphatic carbocycles. The fraction of sp³-hybridized carbons (Fsp3) is 0.389. The van der Waals surface area contributed by atoms with Crippen LogP contribution in [0.5, 0.6) is 0 Å². The number of nitrogens with two attached hydrogens (primary N) is 1. The van der Waals surface area contributed by atoms with Gasteiger partial charge in [-0.2, -0.15) is 0 Å². The van der Waals surface area contributed by atoms with Crippen LogP contribution in [0, 0.1) is 12.3 Å². The first-order valence-corrected chi connectivity index (χ1v) is 8.32. The fourth-order valence-electron chi connectivity index (χ4n) is 2.39. The summed E-state index contributed by atoms with van der Waals surface area (Å²) in [4.78, 5) is 15.3. The molecule has 3 nitrogen and oxygen atoms in total. The minimum absolute atomic E-state index is 0.0621. The van der Waals surface area contributed by atoms with Gasteiger partial charge in [0.2, 0.25) is 0 Å². The zero-order valence-electron chi connectivity index (χ0n) is 13.7. The summed E-state index contributed by atoms with van der Waals surface area (Å²) < 4.78 is 0. The van der Waals surface area contributed by atoms with Crippen LogP contribution in [0.3, 0.4) is 0 Å². The lowest BCUT2D eigenvalue weighted by Crippen LogP contribution is -2.39. The lowest BCUT2D eigenvalue weighted by atomic mass is 9.93. The zero-order chi connectivity index (χ0) is 16.3. The molecule has 0 atom stereocenters. The Bertz CT molecular complexity index is 643. The standard InChI is InChI=1S/C18H24N2OS/c1-13-5-7-14(8-6-13)15-9-10-22-16(15)17(21)20(4)12-18(2,3)11-19/h5-10H,11-12,19H2,1-4H3. The predicted octanol–water partition coefficient (Wildman–Crippen LogP) is 3.78. The Morgan fingerprint density at radius 1 is 1.23 bits per heavy atom. The zero-order valence-corrected chi connectivity index (χ0v) is 14.5. The van der Waals surface area contributed by atoms with Crippen molar-refractivity contribution in [2.75, 3.05) is 20.1 Å². The number of hydrogen-bond acceptors (Lipinski definition) is 3. The molecule has 0 radical (unpaired) electrons. The Morgan fingerprint density at radius 3 is 2.45 bits per heavy atom. The first-order valence-electron chi connectivity index (χ1n) is 7.44. The Labute approximate surface area is 136 Å². The molecule has 118 valence electrons. The van der Waals surface area contributed by atoms with Crippen LogP contribution >= 0.6 is 11.3 Å². The van der Waals surface area contributed by atoms with E-state index in [1.54, 1.807) is 4.90 Å². The van der Waals surface area contributed by atoms with Crippen molar-refractivity contribution >= 4 is 17.2 Å². The molecule has 0 spiro atoms. The molecule has 0 saturated carbocycles. The number of hydrogen-bond donors (Lipinski definition) is 1. The predicted molar refractivity (Wildman–Crippen MR) is 94.3 cm³/mol. The number of carbonyl (C=O) groups is 1. The lowest BCUT2D eigenvalue weighted by Gasteiger charge is -2.29. The summed E-state index contributed by atoms with van der Waals surface area (Å²) in [5.74, 6) is 0.0621. The highest BCUT2D eigenvalue weighted by Gasteiger charge is 2.24. The first-order chi connectivity index (χ1) is 10.3. The van der Waals surface area contributed by atoms with Crippen LogP contribution in [0.4, 0.5) is 0 Å². The Balaban J connectivity index is 2.25. The van der Waals surface area contributed by atoms with E-state index in [9.17, 15) is 4.79 Å². The van der Waals surface area contributed by atoms with E-state index in [4.69, 9.17) is 5.73 Å². The van der Waals surface area contributed by atoms with E-state index in [0.717, 1.165) is 16.0 Å². The summed E-state index contributed by atoms with van der Waals surface area (Å²) in [7, 11) is 1.85. The molecule has 1 amide bonds. The number of amides is 1. The van der Waals surface area contributed by atoms with Crippen molar-refractivity contribution in [1.29, 1.82) is 0 Å². The maximum atomic E-state index is 12.8. The van der Waals surface area contributed by atoms with Crippen molar-refractivity contribution in [1.82, 2.24) is 4.90 Å². The van der Waals surface area contributed by atoms with E-state index in [0.29, 0.717) is 13.1 Å². The van der Waals surface area contributed by atoms with Gasteiger partial charge in [0.25, 0.3) is 5.91 Å². The maximum absolute atomic E-state index is 12.8. The second-order valence-corrected chi connectivity index (χ2v) is 7.48. The van der Waals surface area contributed by atoms with Crippen LogP contribution in [0.15, 0.2) is 35.7 Å². The molecule has 1 aromatic heterocycles. The van der Waals surface area contributed by atoms with Gasteiger partial charge in [0, 0.05) is 19.2 Å². The van der Waals surface area contributed by atoms with Gasteiger partial charge in [0.1, 0.15) is 0 Å². The highest BCUT2D eigenvalue weighted by atomic mass is 32.1. The quantitative estimate of drug-likeness (QED) is 0.912. The molecule has 2 rings (SSSR count). The highest BCUT2D eigenvalue weighted by Crippen LogP contribution is 2.30. The molecule has 0 bridgehead atoms. The molecular formula is C18H24N2OS. The van der Waals surface area contributed by atoms with E-state index < -0.39 is 0 Å². The molecule has 0 fully saturated rings. The van der Waals surface area contributed by atoms with Gasteiger partial charge in [0.15, 0.2) is 0 Å². The normalized spacial score (nSPS) is 11.5. The molecular weight excluding hydrogens is 292 g/mol. The Kier molecular flexibility index (Phi) is 5.04. The van der Waals surface area contributed by atoms with E-state index in [2.05, 4.69) is 45.0 Å². The van der Waals surface area contributed by atoms with Crippen LogP contribution in [-0.4, -0.2) is 30.9 Å². The summed E-state index contributed by atoms with van der Waals surface area (Å²) in [6.07, 6.45) is 0. The van der Waals surface area contributed by atoms with E-state index in [1.807, 2.05) is 18.5 Å². The molecule has 1 heterocycles. The van der Waals surface area contributed by atoms with Crippen molar-refractivity contribution in [3.8, 4) is 11.1 Å². The molecule has 0 unspecified atom stereocenters. The van der Waals surface area contributed by atoms with Crippen LogP contribution in [-0.2, 0) is 0 Å². The second-order valence-electron chi connectivity index (χ2n) is 6.56. The van der Waals surface area contributed by atoms with Crippen molar-refractivity contribution in [2.24, 2.45) is 11.1 Å². The fourth-order valence-corrected chi connectivity index (χ4v) is 3.30. The van der Waals surface area contributed by atoms with Crippen LogP contribution in [0.1, 0.15) is 29.1 Å². The largest absolute Gasteiger partial charge is 0.340 e. The monoisotopic (exact) mass is 316 g/mol. The Hall–Kier alpha value is -1.65. The van der Waals surface area contributed by atoms with Gasteiger partial charge >= 0.3 is 0 Å². The Morgan fingerprint density at radius 2 is 1.86 bits per heavy atom. The number of rotatable bonds is 5. The molecule has 0 aliphatic heterocycles. The summed E-state index contributed by atoms with van der Waals surface area (Å²) in [6, 6.07) is 10.3. The van der Waals surface area contributed by atoms with Crippen LogP contribution in [0.2, 0.25) is 0 Å². The van der Waals surface area contributed by atoms with Crippen LogP contribution < -0.4 is 5.73 Å². The van der Waals surface area contributed by atoms with Crippen molar-refractivity contribution < 1.29 is 4.79 Å². The molecule has 0 saturated heterocycles. The minimum Gasteiger partial charge on any atom is -0.340 e. The van der Waals surface area contributed by atoms with Gasteiger partial charge in [-0.25, -0.2) is 0 Å². The smallest absolute Gasteiger partial charge is 0.264 e. The van der Waals surface area contributed by atoms with Gasteiger partial charge in [-0.1, -0.05) is 43.7 Å². The molecule has 4 heteroatoms. The van der Waals surface area contributed by atoms with E-state index >= 15 is 0 Å². The average Bonchev–Trinajstić information content (AvgIpc) is 2.96. The summed E-state index contributed by atoms with van der Waals surface area (Å²) in [6.45, 7) is 7.41. The van der Waals surface area contributed by atoms with E-state index in [-0.39, 0.29) is 11.3 Å². The van der Waals surface area contributed by atoms with Gasteiger partial charge in [-0.05, 0) is 35.9 Å². The second kappa shape index (κ2) is 6.63. The molecule has 22 heavy (non-hydrogen) atoms. The molecule has 2 aromatic rings. The number of benzene rings is 1. The number of aryl methyl sites for hydroxylation is 1. The summed E-state index contributed by atoms with van der Waals surface area (Å²) in [5.41, 5.74) is 9.00. The highest BCUT2D eigenvalue weighted by molar-refractivity contribution is 7.12. The topological polar surface area (TPSA) is 46.3 Å². The average molecular weight is 316 g/mol. The summed E-state index contributed by atoms with van der Waals surface area (Å²) >= 11 is 1.50. The SMILES string of the molecule is Cc1ccc(-c2ccsc2C(=O)N(C)CC(C)(C)CN)cc1. The van der Waals surface area contributed by atoms with Crippen LogP contribution in [0.25, 0.3) is 11.1 Å². The molecule has 2 N–H and O–H groups in total. The number of carbonyl (C=O) groups excluding carboxylic acids is 1. The minimum atomic E-state index is -0.0777. The summed E-state index contributed by atoms with van der Waals surface area (Å²) in [5, 5.41) is 1.98. The van der Waals surface area contributed by atoms with E-state index in [1.165, 1.54) is 16.9 Å². The molecule has 0 aliphatic rings. The lowest BCUT2D eigenvalue weighted by molar-refractivity contribution is 0.0746. The number of thiophene rings is 1. The third kappa shape index (κ3) is 3.76. The van der Waals surface area contributed by atoms with Gasteiger partial charge < -0.3 is 10.6 Å². The van der Waals surface area contributed by atoms with Crippen molar-refractivity contribution in [3.63, 3.8) is 0 Å². The number of nitrogens with zero attached hydrogens (tertiary/aromatic N) is 1. The maximum Gasteiger partial charge on any atom is 0.264 e. The van der Waals surface area contributed by atoms with Gasteiger partial charge in [0.05, 0.1) is 4.88 Å². The first kappa shape index (κ1) is 16.7. The van der Waals surface area contributed by atoms with Crippen molar-refractivity contribution in [2.45, 2.75) is 20.8 Å². The van der Waals surface area contributed by atoms with Gasteiger partial charge in [-0.3, -0.25) is 4.79 Å². The third-order valence-corrected chi connectivity index (χ3v) is 4.69. The molecule has 1 aromatic carbocycles.